The molecule has 1 aliphatic rings. The summed E-state index contributed by atoms with van der Waals surface area (Å²) in [5.41, 5.74) is 3.81. The molecule has 1 fully saturated rings. The standard InChI is InChI=1S/C15H15N5/c1-19-10-16-14-13(19)12(11-6-3-2-4-7-11)17-15(18-14)20-8-5-9-20/h2-4,6-7,10H,5,8-9H2,1H3. The summed E-state index contributed by atoms with van der Waals surface area (Å²) >= 11 is 0. The van der Waals surface area contributed by atoms with Gasteiger partial charge in [0.15, 0.2) is 5.65 Å². The van der Waals surface area contributed by atoms with Gasteiger partial charge in [-0.15, -0.1) is 0 Å². The minimum absolute atomic E-state index is 0.767. The van der Waals surface area contributed by atoms with Crippen molar-refractivity contribution in [3.05, 3.63) is 36.7 Å². The van der Waals surface area contributed by atoms with Gasteiger partial charge in [0.25, 0.3) is 0 Å². The van der Waals surface area contributed by atoms with Gasteiger partial charge >= 0.3 is 0 Å². The van der Waals surface area contributed by atoms with Gasteiger partial charge in [-0.25, -0.2) is 9.97 Å². The van der Waals surface area contributed by atoms with E-state index in [0.717, 1.165) is 41.5 Å². The van der Waals surface area contributed by atoms with Crippen molar-refractivity contribution < 1.29 is 0 Å². The number of fused-ring (bicyclic) bond motifs is 1. The molecule has 0 bridgehead atoms. The molecule has 0 saturated carbocycles. The average molecular weight is 265 g/mol. The monoisotopic (exact) mass is 265 g/mol. The fraction of sp³-hybridized carbons (Fsp3) is 0.267. The molecule has 1 aromatic carbocycles. The molecule has 100 valence electrons. The maximum absolute atomic E-state index is 4.78. The molecule has 20 heavy (non-hydrogen) atoms. The number of benzene rings is 1. The number of anilines is 1. The number of nitrogens with zero attached hydrogens (tertiary/aromatic N) is 5. The number of imidazole rings is 1. The van der Waals surface area contributed by atoms with E-state index >= 15 is 0 Å². The molecule has 3 heterocycles. The smallest absolute Gasteiger partial charge is 0.228 e. The van der Waals surface area contributed by atoms with Crippen LogP contribution >= 0.6 is 0 Å². The number of aromatic nitrogens is 4. The Bertz CT molecular complexity index is 759. The maximum Gasteiger partial charge on any atom is 0.228 e. The third-order valence-electron chi connectivity index (χ3n) is 3.75. The third-order valence-corrected chi connectivity index (χ3v) is 3.75. The highest BCUT2D eigenvalue weighted by molar-refractivity contribution is 5.88. The van der Waals surface area contributed by atoms with Crippen LogP contribution in [0.15, 0.2) is 36.7 Å². The molecule has 3 aromatic rings. The van der Waals surface area contributed by atoms with Crippen molar-refractivity contribution in [1.29, 1.82) is 0 Å². The van der Waals surface area contributed by atoms with Crippen molar-refractivity contribution >= 4 is 17.1 Å². The Labute approximate surface area is 116 Å². The Morgan fingerprint density at radius 1 is 1.05 bits per heavy atom. The Hall–Kier alpha value is -2.43. The average Bonchev–Trinajstić information content (AvgIpc) is 2.79. The summed E-state index contributed by atoms with van der Waals surface area (Å²) < 4.78 is 1.98. The Balaban J connectivity index is 1.98. The van der Waals surface area contributed by atoms with Crippen LogP contribution < -0.4 is 4.90 Å². The van der Waals surface area contributed by atoms with Crippen LogP contribution in [0.25, 0.3) is 22.4 Å². The first kappa shape index (κ1) is 11.4. The van der Waals surface area contributed by atoms with Gasteiger partial charge in [-0.05, 0) is 6.42 Å². The molecule has 5 nitrogen and oxygen atoms in total. The number of aryl methyl sites for hydroxylation is 1. The second kappa shape index (κ2) is 4.30. The minimum atomic E-state index is 0.767. The van der Waals surface area contributed by atoms with Crippen molar-refractivity contribution in [2.45, 2.75) is 6.42 Å². The minimum Gasteiger partial charge on any atom is -0.341 e. The van der Waals surface area contributed by atoms with Crippen LogP contribution in [0.3, 0.4) is 0 Å². The van der Waals surface area contributed by atoms with Crippen LogP contribution in [0, 0.1) is 0 Å². The Morgan fingerprint density at radius 2 is 1.85 bits per heavy atom. The highest BCUT2D eigenvalue weighted by Crippen LogP contribution is 2.28. The Kier molecular flexibility index (Phi) is 2.45. The van der Waals surface area contributed by atoms with Crippen LogP contribution in [0.2, 0.25) is 0 Å². The van der Waals surface area contributed by atoms with E-state index in [1.54, 1.807) is 6.33 Å². The van der Waals surface area contributed by atoms with Crippen LogP contribution in [0.4, 0.5) is 5.95 Å². The molecular formula is C15H15N5. The van der Waals surface area contributed by atoms with Crippen molar-refractivity contribution in [2.75, 3.05) is 18.0 Å². The summed E-state index contributed by atoms with van der Waals surface area (Å²) in [5, 5.41) is 0. The summed E-state index contributed by atoms with van der Waals surface area (Å²) in [6.07, 6.45) is 3.01. The topological polar surface area (TPSA) is 46.8 Å². The summed E-state index contributed by atoms with van der Waals surface area (Å²) in [6, 6.07) is 10.2. The van der Waals surface area contributed by atoms with Gasteiger partial charge in [-0.2, -0.15) is 4.98 Å². The van der Waals surface area contributed by atoms with E-state index in [9.17, 15) is 0 Å². The lowest BCUT2D eigenvalue weighted by Crippen LogP contribution is -2.38. The largest absolute Gasteiger partial charge is 0.341 e. The summed E-state index contributed by atoms with van der Waals surface area (Å²) in [5.74, 6) is 0.793. The van der Waals surface area contributed by atoms with E-state index in [4.69, 9.17) is 4.98 Å². The van der Waals surface area contributed by atoms with Crippen molar-refractivity contribution in [1.82, 2.24) is 19.5 Å². The molecular weight excluding hydrogens is 250 g/mol. The Morgan fingerprint density at radius 3 is 2.55 bits per heavy atom. The molecule has 0 radical (unpaired) electrons. The zero-order valence-electron chi connectivity index (χ0n) is 11.3. The van der Waals surface area contributed by atoms with Gasteiger partial charge in [0.2, 0.25) is 5.95 Å². The summed E-state index contributed by atoms with van der Waals surface area (Å²) in [6.45, 7) is 2.07. The first-order valence-corrected chi connectivity index (χ1v) is 6.82. The predicted molar refractivity (Wildman–Crippen MR) is 78.6 cm³/mol. The van der Waals surface area contributed by atoms with E-state index < -0.39 is 0 Å². The molecule has 0 aliphatic carbocycles. The lowest BCUT2D eigenvalue weighted by atomic mass is 10.1. The van der Waals surface area contributed by atoms with Gasteiger partial charge in [0, 0.05) is 25.7 Å². The zero-order chi connectivity index (χ0) is 13.5. The van der Waals surface area contributed by atoms with Gasteiger partial charge in [0.05, 0.1) is 6.33 Å². The molecule has 0 spiro atoms. The van der Waals surface area contributed by atoms with E-state index in [1.807, 2.05) is 29.8 Å². The van der Waals surface area contributed by atoms with Gasteiger partial charge in [-0.3, -0.25) is 0 Å². The first-order valence-electron chi connectivity index (χ1n) is 6.82. The molecule has 5 heteroatoms. The molecule has 0 unspecified atom stereocenters. The molecule has 2 aromatic heterocycles. The summed E-state index contributed by atoms with van der Waals surface area (Å²) in [4.78, 5) is 16.0. The highest BCUT2D eigenvalue weighted by atomic mass is 15.3. The number of hydrogen-bond acceptors (Lipinski definition) is 4. The van der Waals surface area contributed by atoms with Gasteiger partial charge in [-0.1, -0.05) is 30.3 Å². The third kappa shape index (κ3) is 1.66. The molecule has 1 aliphatic heterocycles. The SMILES string of the molecule is Cn1cnc2nc(N3CCC3)nc(-c3ccccc3)c21. The lowest BCUT2D eigenvalue weighted by molar-refractivity contribution is 0.602. The fourth-order valence-corrected chi connectivity index (χ4v) is 2.50. The summed E-state index contributed by atoms with van der Waals surface area (Å²) in [7, 11) is 1.98. The van der Waals surface area contributed by atoms with Crippen LogP contribution in [-0.4, -0.2) is 32.6 Å². The molecule has 0 amide bonds. The fourth-order valence-electron chi connectivity index (χ4n) is 2.50. The predicted octanol–water partition coefficient (Wildman–Crippen LogP) is 2.24. The molecule has 4 rings (SSSR count). The second-order valence-electron chi connectivity index (χ2n) is 5.11. The van der Waals surface area contributed by atoms with E-state index in [-0.39, 0.29) is 0 Å². The van der Waals surface area contributed by atoms with Gasteiger partial charge < -0.3 is 9.47 Å². The van der Waals surface area contributed by atoms with E-state index in [0.29, 0.717) is 0 Å². The number of rotatable bonds is 2. The molecule has 0 N–H and O–H groups in total. The zero-order valence-corrected chi connectivity index (χ0v) is 11.3. The molecule has 0 atom stereocenters. The molecule has 1 saturated heterocycles. The van der Waals surface area contributed by atoms with E-state index in [2.05, 4.69) is 27.0 Å². The lowest BCUT2D eigenvalue weighted by Gasteiger charge is -2.31. The second-order valence-corrected chi connectivity index (χ2v) is 5.11. The van der Waals surface area contributed by atoms with E-state index in [1.165, 1.54) is 6.42 Å². The van der Waals surface area contributed by atoms with Gasteiger partial charge in [0.1, 0.15) is 11.2 Å². The quantitative estimate of drug-likeness (QED) is 0.713. The maximum atomic E-state index is 4.78. The van der Waals surface area contributed by atoms with Crippen LogP contribution in [0.5, 0.6) is 0 Å². The van der Waals surface area contributed by atoms with Crippen molar-refractivity contribution in [3.63, 3.8) is 0 Å². The van der Waals surface area contributed by atoms with Crippen molar-refractivity contribution in [2.24, 2.45) is 7.05 Å². The first-order chi connectivity index (χ1) is 9.83. The normalized spacial score (nSPS) is 14.6. The highest BCUT2D eigenvalue weighted by Gasteiger charge is 2.21. The van der Waals surface area contributed by atoms with Crippen molar-refractivity contribution in [3.8, 4) is 11.3 Å². The van der Waals surface area contributed by atoms with Crippen LogP contribution in [-0.2, 0) is 7.05 Å². The number of hydrogen-bond donors (Lipinski definition) is 0. The van der Waals surface area contributed by atoms with Crippen LogP contribution in [0.1, 0.15) is 6.42 Å².